The standard InChI is InChI=1S/C11H18N2O3/c1-3-10(14)12-9-6-5-7-13(8-9)11(15)16-4-2/h3,9H,1,4-8H2,2H3,(H,12,14). The number of hydrogen-bond acceptors (Lipinski definition) is 3. The fourth-order valence-corrected chi connectivity index (χ4v) is 1.74. The Kier molecular flexibility index (Phi) is 4.82. The highest BCUT2D eigenvalue weighted by molar-refractivity contribution is 5.87. The number of ether oxygens (including phenoxy) is 1. The van der Waals surface area contributed by atoms with Crippen molar-refractivity contribution in [2.24, 2.45) is 0 Å². The minimum Gasteiger partial charge on any atom is -0.450 e. The molecule has 0 radical (unpaired) electrons. The van der Waals surface area contributed by atoms with E-state index in [0.717, 1.165) is 12.8 Å². The highest BCUT2D eigenvalue weighted by Crippen LogP contribution is 2.11. The summed E-state index contributed by atoms with van der Waals surface area (Å²) in [5, 5.41) is 2.79. The van der Waals surface area contributed by atoms with Gasteiger partial charge in [0.1, 0.15) is 0 Å². The fourth-order valence-electron chi connectivity index (χ4n) is 1.74. The van der Waals surface area contributed by atoms with Crippen LogP contribution in [-0.2, 0) is 9.53 Å². The smallest absolute Gasteiger partial charge is 0.409 e. The lowest BCUT2D eigenvalue weighted by molar-refractivity contribution is -0.117. The van der Waals surface area contributed by atoms with Gasteiger partial charge in [0.25, 0.3) is 0 Å². The summed E-state index contributed by atoms with van der Waals surface area (Å²) in [5.41, 5.74) is 0. The van der Waals surface area contributed by atoms with Crippen LogP contribution in [0.25, 0.3) is 0 Å². The van der Waals surface area contributed by atoms with Gasteiger partial charge in [0.2, 0.25) is 5.91 Å². The highest BCUT2D eigenvalue weighted by atomic mass is 16.6. The first-order valence-corrected chi connectivity index (χ1v) is 5.52. The maximum atomic E-state index is 11.5. The predicted octanol–water partition coefficient (Wildman–Crippen LogP) is 0.909. The maximum Gasteiger partial charge on any atom is 0.409 e. The second-order valence-electron chi connectivity index (χ2n) is 3.70. The molecular weight excluding hydrogens is 208 g/mol. The summed E-state index contributed by atoms with van der Waals surface area (Å²) in [6, 6.07) is 0.00339. The Morgan fingerprint density at radius 2 is 2.38 bits per heavy atom. The molecule has 0 saturated carbocycles. The summed E-state index contributed by atoms with van der Waals surface area (Å²) in [6.45, 7) is 6.75. The zero-order valence-electron chi connectivity index (χ0n) is 9.57. The van der Waals surface area contributed by atoms with E-state index in [1.54, 1.807) is 11.8 Å². The molecule has 0 aromatic heterocycles. The van der Waals surface area contributed by atoms with Gasteiger partial charge in [-0.2, -0.15) is 0 Å². The van der Waals surface area contributed by atoms with E-state index in [4.69, 9.17) is 4.74 Å². The van der Waals surface area contributed by atoms with Crippen molar-refractivity contribution in [3.05, 3.63) is 12.7 Å². The second kappa shape index (κ2) is 6.15. The van der Waals surface area contributed by atoms with Gasteiger partial charge in [0.05, 0.1) is 6.61 Å². The number of carbonyl (C=O) groups excluding carboxylic acids is 2. The minimum absolute atomic E-state index is 0.00339. The third kappa shape index (κ3) is 3.56. The van der Waals surface area contributed by atoms with Crippen LogP contribution in [0, 0.1) is 0 Å². The summed E-state index contributed by atoms with van der Waals surface area (Å²) >= 11 is 0. The van der Waals surface area contributed by atoms with Crippen molar-refractivity contribution in [3.8, 4) is 0 Å². The lowest BCUT2D eigenvalue weighted by atomic mass is 10.1. The molecule has 0 aromatic carbocycles. The molecule has 0 spiro atoms. The van der Waals surface area contributed by atoms with Gasteiger partial charge < -0.3 is 15.0 Å². The Morgan fingerprint density at radius 3 is 3.00 bits per heavy atom. The number of hydrogen-bond donors (Lipinski definition) is 1. The van der Waals surface area contributed by atoms with Crippen molar-refractivity contribution in [3.63, 3.8) is 0 Å². The topological polar surface area (TPSA) is 58.6 Å². The van der Waals surface area contributed by atoms with E-state index in [0.29, 0.717) is 19.7 Å². The average Bonchev–Trinajstić information content (AvgIpc) is 2.29. The molecule has 0 aliphatic carbocycles. The molecule has 0 aromatic rings. The molecule has 1 rings (SSSR count). The highest BCUT2D eigenvalue weighted by Gasteiger charge is 2.24. The molecule has 1 N–H and O–H groups in total. The lowest BCUT2D eigenvalue weighted by Crippen LogP contribution is -2.49. The van der Waals surface area contributed by atoms with Gasteiger partial charge in [-0.05, 0) is 25.8 Å². The largest absolute Gasteiger partial charge is 0.450 e. The van der Waals surface area contributed by atoms with E-state index in [1.165, 1.54) is 6.08 Å². The molecule has 1 fully saturated rings. The van der Waals surface area contributed by atoms with E-state index in [1.807, 2.05) is 0 Å². The third-order valence-corrected chi connectivity index (χ3v) is 2.48. The molecule has 16 heavy (non-hydrogen) atoms. The van der Waals surface area contributed by atoms with Crippen LogP contribution in [0.2, 0.25) is 0 Å². The zero-order valence-corrected chi connectivity index (χ0v) is 9.57. The minimum atomic E-state index is -0.306. The van der Waals surface area contributed by atoms with E-state index in [2.05, 4.69) is 11.9 Å². The molecule has 1 saturated heterocycles. The van der Waals surface area contributed by atoms with Gasteiger partial charge in [0, 0.05) is 19.1 Å². The number of piperidine rings is 1. The van der Waals surface area contributed by atoms with Crippen molar-refractivity contribution >= 4 is 12.0 Å². The second-order valence-corrected chi connectivity index (χ2v) is 3.70. The van der Waals surface area contributed by atoms with Gasteiger partial charge in [-0.1, -0.05) is 6.58 Å². The van der Waals surface area contributed by atoms with E-state index in [9.17, 15) is 9.59 Å². The molecule has 1 aliphatic heterocycles. The monoisotopic (exact) mass is 226 g/mol. The molecule has 90 valence electrons. The summed E-state index contributed by atoms with van der Waals surface area (Å²) in [7, 11) is 0. The molecule has 1 atom stereocenters. The van der Waals surface area contributed by atoms with Crippen LogP contribution in [0.3, 0.4) is 0 Å². The van der Waals surface area contributed by atoms with E-state index in [-0.39, 0.29) is 18.0 Å². The van der Waals surface area contributed by atoms with Crippen molar-refractivity contribution in [1.29, 1.82) is 0 Å². The zero-order chi connectivity index (χ0) is 12.0. The fraction of sp³-hybridized carbons (Fsp3) is 0.636. The Bertz CT molecular complexity index is 278. The van der Waals surface area contributed by atoms with Gasteiger partial charge in [-0.15, -0.1) is 0 Å². The van der Waals surface area contributed by atoms with Crippen molar-refractivity contribution in [1.82, 2.24) is 10.2 Å². The Hall–Kier alpha value is -1.52. The SMILES string of the molecule is C=CC(=O)NC1CCCN(C(=O)OCC)C1. The maximum absolute atomic E-state index is 11.5. The molecular formula is C11H18N2O3. The first kappa shape index (κ1) is 12.5. The van der Waals surface area contributed by atoms with Crippen molar-refractivity contribution in [2.75, 3.05) is 19.7 Å². The van der Waals surface area contributed by atoms with Crippen LogP contribution < -0.4 is 5.32 Å². The van der Waals surface area contributed by atoms with Gasteiger partial charge >= 0.3 is 6.09 Å². The molecule has 5 heteroatoms. The quantitative estimate of drug-likeness (QED) is 0.728. The molecule has 1 heterocycles. The van der Waals surface area contributed by atoms with Gasteiger partial charge in [-0.25, -0.2) is 4.79 Å². The summed E-state index contributed by atoms with van der Waals surface area (Å²) < 4.78 is 4.92. The van der Waals surface area contributed by atoms with Crippen LogP contribution in [-0.4, -0.2) is 42.6 Å². The third-order valence-electron chi connectivity index (χ3n) is 2.48. The first-order valence-electron chi connectivity index (χ1n) is 5.52. The average molecular weight is 226 g/mol. The van der Waals surface area contributed by atoms with E-state index >= 15 is 0 Å². The number of rotatable bonds is 3. The molecule has 5 nitrogen and oxygen atoms in total. The van der Waals surface area contributed by atoms with Crippen molar-refractivity contribution in [2.45, 2.75) is 25.8 Å². The van der Waals surface area contributed by atoms with Crippen LogP contribution in [0.15, 0.2) is 12.7 Å². The van der Waals surface area contributed by atoms with Crippen LogP contribution in [0.1, 0.15) is 19.8 Å². The number of nitrogens with one attached hydrogen (secondary N) is 1. The summed E-state index contributed by atoms with van der Waals surface area (Å²) in [5.74, 6) is -0.198. The Labute approximate surface area is 95.4 Å². The molecule has 0 bridgehead atoms. The Morgan fingerprint density at radius 1 is 1.62 bits per heavy atom. The number of amides is 2. The van der Waals surface area contributed by atoms with Crippen molar-refractivity contribution < 1.29 is 14.3 Å². The predicted molar refractivity (Wildman–Crippen MR) is 60.0 cm³/mol. The number of nitrogens with zero attached hydrogens (tertiary/aromatic N) is 1. The number of carbonyl (C=O) groups is 2. The van der Waals surface area contributed by atoms with Gasteiger partial charge in [0.15, 0.2) is 0 Å². The van der Waals surface area contributed by atoms with Crippen LogP contribution in [0.5, 0.6) is 0 Å². The van der Waals surface area contributed by atoms with Crippen LogP contribution >= 0.6 is 0 Å². The molecule has 2 amide bonds. The normalized spacial score (nSPS) is 20.1. The first-order chi connectivity index (χ1) is 7.67. The summed E-state index contributed by atoms with van der Waals surface area (Å²) in [4.78, 5) is 24.2. The molecule has 1 unspecified atom stereocenters. The lowest BCUT2D eigenvalue weighted by Gasteiger charge is -2.32. The van der Waals surface area contributed by atoms with Crippen LogP contribution in [0.4, 0.5) is 4.79 Å². The van der Waals surface area contributed by atoms with Gasteiger partial charge in [-0.3, -0.25) is 4.79 Å². The molecule has 1 aliphatic rings. The summed E-state index contributed by atoms with van der Waals surface area (Å²) in [6.07, 6.45) is 2.69. The van der Waals surface area contributed by atoms with E-state index < -0.39 is 0 Å². The number of likely N-dealkylation sites (tertiary alicyclic amines) is 1. The Balaban J connectivity index is 2.43.